The average molecular weight is 290 g/mol. The molecule has 0 saturated heterocycles. The monoisotopic (exact) mass is 290 g/mol. The lowest BCUT2D eigenvalue weighted by molar-refractivity contribution is -0.141. The first-order chi connectivity index (χ1) is 9.12. The summed E-state index contributed by atoms with van der Waals surface area (Å²) >= 11 is 0. The molecule has 0 saturated carbocycles. The van der Waals surface area contributed by atoms with Crippen LogP contribution in [0, 0.1) is 5.41 Å². The molecule has 0 aliphatic rings. The smallest absolute Gasteiger partial charge is 0.370 e. The van der Waals surface area contributed by atoms with E-state index in [9.17, 15) is 13.2 Å². The van der Waals surface area contributed by atoms with Crippen molar-refractivity contribution < 1.29 is 13.2 Å². The molecule has 4 nitrogen and oxygen atoms in total. The summed E-state index contributed by atoms with van der Waals surface area (Å²) in [5, 5.41) is 5.63. The summed E-state index contributed by atoms with van der Waals surface area (Å²) in [5.41, 5.74) is -0.834. The van der Waals surface area contributed by atoms with E-state index in [1.807, 2.05) is 0 Å². The number of nitrogens with zero attached hydrogens (tertiary/aromatic N) is 2. The number of hydrogen-bond donors (Lipinski definition) is 2. The lowest BCUT2D eigenvalue weighted by Gasteiger charge is -2.18. The molecule has 1 heterocycles. The molecule has 0 amide bonds. The Kier molecular flexibility index (Phi) is 5.19. The van der Waals surface area contributed by atoms with Crippen LogP contribution in [0.1, 0.15) is 39.8 Å². The molecule has 0 aliphatic heterocycles. The molecular weight excluding hydrogens is 269 g/mol. The molecule has 0 spiro atoms. The lowest BCUT2D eigenvalue weighted by Crippen LogP contribution is -2.16. The van der Waals surface area contributed by atoms with Gasteiger partial charge in [-0.15, -0.1) is 0 Å². The summed E-state index contributed by atoms with van der Waals surface area (Å²) in [6.07, 6.45) is -3.65. The Morgan fingerprint density at radius 1 is 1.10 bits per heavy atom. The van der Waals surface area contributed by atoms with Crippen LogP contribution in [0.3, 0.4) is 0 Å². The molecule has 0 bridgehead atoms. The van der Waals surface area contributed by atoms with Crippen LogP contribution in [0.4, 0.5) is 24.9 Å². The maximum atomic E-state index is 12.8. The minimum absolute atomic E-state index is 0.0133. The molecule has 114 valence electrons. The van der Waals surface area contributed by atoms with Gasteiger partial charge in [0.2, 0.25) is 5.95 Å². The van der Waals surface area contributed by atoms with Gasteiger partial charge in [-0.3, -0.25) is 0 Å². The molecule has 0 aromatic carbocycles. The number of nitrogens with one attached hydrogen (secondary N) is 2. The van der Waals surface area contributed by atoms with Gasteiger partial charge in [0, 0.05) is 19.2 Å². The van der Waals surface area contributed by atoms with Crippen molar-refractivity contribution in [1.29, 1.82) is 0 Å². The van der Waals surface area contributed by atoms with Crippen molar-refractivity contribution >= 4 is 11.8 Å². The maximum Gasteiger partial charge on any atom is 0.433 e. The minimum atomic E-state index is -4.48. The Morgan fingerprint density at radius 3 is 2.25 bits per heavy atom. The topological polar surface area (TPSA) is 49.8 Å². The van der Waals surface area contributed by atoms with E-state index >= 15 is 0 Å². The van der Waals surface area contributed by atoms with Gasteiger partial charge in [-0.25, -0.2) is 4.98 Å². The van der Waals surface area contributed by atoms with Crippen LogP contribution in [0.15, 0.2) is 6.07 Å². The van der Waals surface area contributed by atoms with E-state index in [4.69, 9.17) is 0 Å². The van der Waals surface area contributed by atoms with Crippen LogP contribution in [-0.2, 0) is 6.18 Å². The predicted octanol–water partition coefficient (Wildman–Crippen LogP) is 3.78. The fourth-order valence-corrected chi connectivity index (χ4v) is 1.49. The molecule has 2 N–H and O–H groups in total. The van der Waals surface area contributed by atoms with Gasteiger partial charge >= 0.3 is 6.18 Å². The second-order valence-electron chi connectivity index (χ2n) is 5.73. The molecule has 1 rings (SSSR count). The SMILES string of the molecule is CCNc1nc(NCCC(C)(C)C)cc(C(F)(F)F)n1. The van der Waals surface area contributed by atoms with Gasteiger partial charge in [0.15, 0.2) is 5.69 Å². The summed E-state index contributed by atoms with van der Waals surface area (Å²) < 4.78 is 38.3. The molecule has 0 radical (unpaired) electrons. The number of anilines is 2. The van der Waals surface area contributed by atoms with Gasteiger partial charge in [0.05, 0.1) is 0 Å². The summed E-state index contributed by atoms with van der Waals surface area (Å²) in [5.74, 6) is 0.174. The Balaban J connectivity index is 2.86. The average Bonchev–Trinajstić information content (AvgIpc) is 2.26. The molecule has 1 aromatic rings. The van der Waals surface area contributed by atoms with Crippen molar-refractivity contribution in [2.75, 3.05) is 23.7 Å². The van der Waals surface area contributed by atoms with Crippen molar-refractivity contribution in [3.05, 3.63) is 11.8 Å². The van der Waals surface area contributed by atoms with E-state index in [0.29, 0.717) is 13.1 Å². The number of hydrogen-bond acceptors (Lipinski definition) is 4. The van der Waals surface area contributed by atoms with Gasteiger partial charge in [-0.2, -0.15) is 18.2 Å². The first-order valence-electron chi connectivity index (χ1n) is 6.56. The number of aromatic nitrogens is 2. The number of alkyl halides is 3. The van der Waals surface area contributed by atoms with Crippen LogP contribution >= 0.6 is 0 Å². The molecule has 7 heteroatoms. The minimum Gasteiger partial charge on any atom is -0.370 e. The van der Waals surface area contributed by atoms with E-state index in [-0.39, 0.29) is 17.2 Å². The molecule has 0 fully saturated rings. The first kappa shape index (κ1) is 16.5. The summed E-state index contributed by atoms with van der Waals surface area (Å²) in [7, 11) is 0. The molecule has 0 atom stereocenters. The largest absolute Gasteiger partial charge is 0.433 e. The Labute approximate surface area is 117 Å². The number of rotatable bonds is 5. The van der Waals surface area contributed by atoms with Gasteiger partial charge in [-0.1, -0.05) is 20.8 Å². The molecule has 1 aromatic heterocycles. The lowest BCUT2D eigenvalue weighted by atomic mass is 9.92. The quantitative estimate of drug-likeness (QED) is 0.866. The first-order valence-corrected chi connectivity index (χ1v) is 6.56. The van der Waals surface area contributed by atoms with Crippen molar-refractivity contribution in [3.8, 4) is 0 Å². The second-order valence-corrected chi connectivity index (χ2v) is 5.73. The summed E-state index contributed by atoms with van der Waals surface area (Å²) in [6, 6.07) is 0.934. The third-order valence-corrected chi connectivity index (χ3v) is 2.53. The molecule has 0 aliphatic carbocycles. The van der Waals surface area contributed by atoms with Gasteiger partial charge in [-0.05, 0) is 18.8 Å². The predicted molar refractivity (Wildman–Crippen MR) is 73.8 cm³/mol. The van der Waals surface area contributed by atoms with Gasteiger partial charge < -0.3 is 10.6 Å². The summed E-state index contributed by atoms with van der Waals surface area (Å²) in [4.78, 5) is 7.49. The zero-order chi connectivity index (χ0) is 15.4. The molecule has 0 unspecified atom stereocenters. The zero-order valence-corrected chi connectivity index (χ0v) is 12.2. The Morgan fingerprint density at radius 2 is 1.75 bits per heavy atom. The highest BCUT2D eigenvalue weighted by atomic mass is 19.4. The standard InChI is InChI=1S/C13H21F3N4/c1-5-17-11-19-9(13(14,15)16)8-10(20-11)18-7-6-12(2,3)4/h8H,5-7H2,1-4H3,(H2,17,18,19,20). The van der Waals surface area contributed by atoms with Crippen LogP contribution in [0.5, 0.6) is 0 Å². The fourth-order valence-electron chi connectivity index (χ4n) is 1.49. The van der Waals surface area contributed by atoms with E-state index in [1.54, 1.807) is 6.92 Å². The van der Waals surface area contributed by atoms with E-state index in [1.165, 1.54) is 0 Å². The van der Waals surface area contributed by atoms with Crippen LogP contribution in [-0.4, -0.2) is 23.1 Å². The van der Waals surface area contributed by atoms with Crippen molar-refractivity contribution in [3.63, 3.8) is 0 Å². The van der Waals surface area contributed by atoms with Crippen molar-refractivity contribution in [1.82, 2.24) is 9.97 Å². The highest BCUT2D eigenvalue weighted by Crippen LogP contribution is 2.29. The number of halogens is 3. The van der Waals surface area contributed by atoms with Crippen molar-refractivity contribution in [2.24, 2.45) is 5.41 Å². The Hall–Kier alpha value is -1.53. The van der Waals surface area contributed by atoms with Crippen LogP contribution < -0.4 is 10.6 Å². The third kappa shape index (κ3) is 5.63. The van der Waals surface area contributed by atoms with E-state index in [2.05, 4.69) is 41.4 Å². The van der Waals surface area contributed by atoms with Crippen LogP contribution in [0.25, 0.3) is 0 Å². The second kappa shape index (κ2) is 6.28. The third-order valence-electron chi connectivity index (χ3n) is 2.53. The van der Waals surface area contributed by atoms with E-state index < -0.39 is 11.9 Å². The summed E-state index contributed by atoms with van der Waals surface area (Å²) in [6.45, 7) is 9.00. The van der Waals surface area contributed by atoms with Gasteiger partial charge in [0.1, 0.15) is 5.82 Å². The Bertz CT molecular complexity index is 438. The highest BCUT2D eigenvalue weighted by molar-refractivity contribution is 5.43. The van der Waals surface area contributed by atoms with Gasteiger partial charge in [0.25, 0.3) is 0 Å². The van der Waals surface area contributed by atoms with E-state index in [0.717, 1.165) is 12.5 Å². The fraction of sp³-hybridized carbons (Fsp3) is 0.692. The zero-order valence-electron chi connectivity index (χ0n) is 12.2. The normalized spacial score (nSPS) is 12.3. The molecular formula is C13H21F3N4. The molecule has 20 heavy (non-hydrogen) atoms. The maximum absolute atomic E-state index is 12.8. The van der Waals surface area contributed by atoms with Crippen molar-refractivity contribution in [2.45, 2.75) is 40.3 Å². The van der Waals surface area contributed by atoms with Crippen LogP contribution in [0.2, 0.25) is 0 Å². The highest BCUT2D eigenvalue weighted by Gasteiger charge is 2.33.